The lowest BCUT2D eigenvalue weighted by Crippen LogP contribution is -2.01. The van der Waals surface area contributed by atoms with Crippen molar-refractivity contribution >= 4 is 27.3 Å². The molecular weight excluding hydrogens is 322 g/mol. The second-order valence-electron chi connectivity index (χ2n) is 3.73. The predicted octanol–water partition coefficient (Wildman–Crippen LogP) is 4.71. The van der Waals surface area contributed by atoms with Gasteiger partial charge in [-0.05, 0) is 30.0 Å². The third-order valence-corrected chi connectivity index (χ3v) is 4.70. The lowest BCUT2D eigenvalue weighted by atomic mass is 10.1. The molecule has 0 N–H and O–H groups in total. The molecular formula is C13H11BrF2OS. The van der Waals surface area contributed by atoms with Gasteiger partial charge in [-0.25, -0.2) is 8.78 Å². The minimum Gasteiger partial charge on any atom is -0.496 e. The number of halogens is 3. The number of alkyl halides is 1. The summed E-state index contributed by atoms with van der Waals surface area (Å²) in [5.74, 6) is -0.302. The molecule has 1 unspecified atom stereocenters. The first-order chi connectivity index (χ1) is 8.63. The highest BCUT2D eigenvalue weighted by Crippen LogP contribution is 2.38. The van der Waals surface area contributed by atoms with Gasteiger partial charge < -0.3 is 4.74 Å². The van der Waals surface area contributed by atoms with Crippen LogP contribution in [0.3, 0.4) is 0 Å². The van der Waals surface area contributed by atoms with Crippen molar-refractivity contribution in [2.45, 2.75) is 11.2 Å². The molecule has 2 rings (SSSR count). The first-order valence-electron chi connectivity index (χ1n) is 5.31. The number of hydrogen-bond acceptors (Lipinski definition) is 2. The van der Waals surface area contributed by atoms with Crippen LogP contribution in [0.5, 0.6) is 5.75 Å². The fourth-order valence-electron chi connectivity index (χ4n) is 1.71. The molecule has 0 saturated heterocycles. The number of ether oxygens (including phenoxy) is 1. The molecule has 1 heterocycles. The molecule has 0 fully saturated rings. The average Bonchev–Trinajstić information content (AvgIpc) is 2.82. The van der Waals surface area contributed by atoms with Gasteiger partial charge in [0.25, 0.3) is 0 Å². The van der Waals surface area contributed by atoms with Crippen LogP contribution in [-0.2, 0) is 6.42 Å². The Bertz CT molecular complexity index is 521. The molecule has 0 aliphatic rings. The van der Waals surface area contributed by atoms with Crippen LogP contribution in [0, 0.1) is 11.6 Å². The highest BCUT2D eigenvalue weighted by atomic mass is 79.9. The van der Waals surface area contributed by atoms with Crippen LogP contribution in [0.4, 0.5) is 8.78 Å². The largest absolute Gasteiger partial charge is 0.496 e. The topological polar surface area (TPSA) is 9.23 Å². The van der Waals surface area contributed by atoms with Gasteiger partial charge in [0.05, 0.1) is 16.8 Å². The maximum atomic E-state index is 13.5. The van der Waals surface area contributed by atoms with Crippen LogP contribution < -0.4 is 4.74 Å². The molecule has 1 aromatic heterocycles. The molecule has 0 spiro atoms. The van der Waals surface area contributed by atoms with Gasteiger partial charge >= 0.3 is 0 Å². The van der Waals surface area contributed by atoms with Gasteiger partial charge in [0.1, 0.15) is 17.4 Å². The quantitative estimate of drug-likeness (QED) is 0.736. The smallest absolute Gasteiger partial charge is 0.133 e. The predicted molar refractivity (Wildman–Crippen MR) is 72.6 cm³/mol. The zero-order valence-corrected chi connectivity index (χ0v) is 12.0. The Balaban J connectivity index is 2.24. The van der Waals surface area contributed by atoms with Crippen LogP contribution in [-0.4, -0.2) is 7.11 Å². The standard InChI is InChI=1S/C13H11BrF2OS/c1-17-12-5-6-18-13(12)9(14)7-8-10(15)3-2-4-11(8)16/h2-6,9H,7H2,1H3. The zero-order valence-electron chi connectivity index (χ0n) is 9.62. The summed E-state index contributed by atoms with van der Waals surface area (Å²) in [6.45, 7) is 0. The van der Waals surface area contributed by atoms with E-state index in [0.717, 1.165) is 10.6 Å². The third kappa shape index (κ3) is 2.72. The molecule has 1 atom stereocenters. The van der Waals surface area contributed by atoms with E-state index in [9.17, 15) is 8.78 Å². The van der Waals surface area contributed by atoms with E-state index in [1.807, 2.05) is 11.4 Å². The first-order valence-corrected chi connectivity index (χ1v) is 7.11. The van der Waals surface area contributed by atoms with Gasteiger partial charge in [-0.3, -0.25) is 0 Å². The summed E-state index contributed by atoms with van der Waals surface area (Å²) in [5.41, 5.74) is 0.0924. The van der Waals surface area contributed by atoms with Crippen molar-refractivity contribution in [1.29, 1.82) is 0 Å². The van der Waals surface area contributed by atoms with Gasteiger partial charge in [-0.2, -0.15) is 0 Å². The van der Waals surface area contributed by atoms with Gasteiger partial charge in [-0.15, -0.1) is 11.3 Å². The number of thiophene rings is 1. The van der Waals surface area contributed by atoms with E-state index in [4.69, 9.17) is 4.74 Å². The van der Waals surface area contributed by atoms with Crippen LogP contribution in [0.2, 0.25) is 0 Å². The lowest BCUT2D eigenvalue weighted by Gasteiger charge is -2.11. The lowest BCUT2D eigenvalue weighted by molar-refractivity contribution is 0.412. The Morgan fingerprint density at radius 1 is 1.28 bits per heavy atom. The second kappa shape index (κ2) is 5.80. The van der Waals surface area contributed by atoms with Crippen molar-refractivity contribution in [3.63, 3.8) is 0 Å². The molecule has 0 bridgehead atoms. The zero-order chi connectivity index (χ0) is 13.1. The number of methoxy groups -OCH3 is 1. The summed E-state index contributed by atoms with van der Waals surface area (Å²) in [6, 6.07) is 5.74. The number of benzene rings is 1. The number of hydrogen-bond donors (Lipinski definition) is 0. The maximum Gasteiger partial charge on any atom is 0.133 e. The summed E-state index contributed by atoms with van der Waals surface area (Å²) in [4.78, 5) is 0.763. The van der Waals surface area contributed by atoms with E-state index >= 15 is 0 Å². The van der Waals surface area contributed by atoms with Gasteiger partial charge in [0, 0.05) is 5.56 Å². The molecule has 1 aromatic carbocycles. The summed E-state index contributed by atoms with van der Waals surface area (Å²) in [7, 11) is 1.58. The van der Waals surface area contributed by atoms with Crippen LogP contribution >= 0.6 is 27.3 Å². The van der Waals surface area contributed by atoms with Gasteiger partial charge in [-0.1, -0.05) is 22.0 Å². The molecule has 0 amide bonds. The molecule has 1 nitrogen and oxygen atoms in total. The Morgan fingerprint density at radius 2 is 1.94 bits per heavy atom. The van der Waals surface area contributed by atoms with E-state index in [1.54, 1.807) is 7.11 Å². The van der Waals surface area contributed by atoms with Crippen molar-refractivity contribution in [2.75, 3.05) is 7.11 Å². The van der Waals surface area contributed by atoms with Crippen molar-refractivity contribution < 1.29 is 13.5 Å². The summed E-state index contributed by atoms with van der Waals surface area (Å²) >= 11 is 4.96. The van der Waals surface area contributed by atoms with E-state index in [1.165, 1.54) is 29.5 Å². The molecule has 18 heavy (non-hydrogen) atoms. The molecule has 96 valence electrons. The summed E-state index contributed by atoms with van der Waals surface area (Å²) in [5, 5.41) is 1.89. The van der Waals surface area contributed by atoms with E-state index in [2.05, 4.69) is 15.9 Å². The molecule has 0 radical (unpaired) electrons. The molecule has 0 aliphatic heterocycles. The fraction of sp³-hybridized carbons (Fsp3) is 0.231. The normalized spacial score (nSPS) is 12.4. The van der Waals surface area contributed by atoms with Crippen molar-refractivity contribution in [3.8, 4) is 5.75 Å². The second-order valence-corrected chi connectivity index (χ2v) is 5.78. The van der Waals surface area contributed by atoms with Crippen molar-refractivity contribution in [1.82, 2.24) is 0 Å². The van der Waals surface area contributed by atoms with Crippen molar-refractivity contribution in [2.24, 2.45) is 0 Å². The first kappa shape index (κ1) is 13.5. The van der Waals surface area contributed by atoms with Crippen molar-refractivity contribution in [3.05, 3.63) is 51.7 Å². The average molecular weight is 333 g/mol. The molecule has 2 aromatic rings. The highest BCUT2D eigenvalue weighted by Gasteiger charge is 2.19. The minimum atomic E-state index is -0.519. The number of rotatable bonds is 4. The Hall–Kier alpha value is -0.940. The summed E-state index contributed by atoms with van der Waals surface area (Å²) < 4.78 is 32.3. The Labute approximate surface area is 117 Å². The minimum absolute atomic E-state index is 0.0924. The van der Waals surface area contributed by atoms with E-state index in [-0.39, 0.29) is 16.8 Å². The maximum absolute atomic E-state index is 13.5. The Morgan fingerprint density at radius 3 is 2.56 bits per heavy atom. The van der Waals surface area contributed by atoms with Crippen LogP contribution in [0.1, 0.15) is 15.3 Å². The highest BCUT2D eigenvalue weighted by molar-refractivity contribution is 9.09. The SMILES string of the molecule is COc1ccsc1C(Br)Cc1c(F)cccc1F. The summed E-state index contributed by atoms with van der Waals surface area (Å²) in [6.07, 6.45) is 0.245. The van der Waals surface area contributed by atoms with E-state index < -0.39 is 11.6 Å². The Kier molecular flexibility index (Phi) is 4.35. The monoisotopic (exact) mass is 332 g/mol. The molecule has 0 saturated carbocycles. The van der Waals surface area contributed by atoms with Crippen LogP contribution in [0.15, 0.2) is 29.6 Å². The van der Waals surface area contributed by atoms with Gasteiger partial charge in [0.2, 0.25) is 0 Å². The van der Waals surface area contributed by atoms with Crippen LogP contribution in [0.25, 0.3) is 0 Å². The molecule has 0 aliphatic carbocycles. The fourth-order valence-corrected chi connectivity index (χ4v) is 3.42. The van der Waals surface area contributed by atoms with E-state index in [0.29, 0.717) is 0 Å². The third-order valence-electron chi connectivity index (χ3n) is 2.61. The van der Waals surface area contributed by atoms with Gasteiger partial charge in [0.15, 0.2) is 0 Å². The molecule has 5 heteroatoms.